The topological polar surface area (TPSA) is 49.3 Å². The lowest BCUT2D eigenvalue weighted by Crippen LogP contribution is -2.44. The fourth-order valence-electron chi connectivity index (χ4n) is 2.11. The third-order valence-corrected chi connectivity index (χ3v) is 3.87. The molecular formula is C18H31NO2S. The summed E-state index contributed by atoms with van der Waals surface area (Å²) in [4.78, 5) is 11.2. The summed E-state index contributed by atoms with van der Waals surface area (Å²) in [5.74, 6) is -0.570. The van der Waals surface area contributed by atoms with Crippen molar-refractivity contribution in [1.29, 1.82) is 0 Å². The molecule has 0 saturated carbocycles. The zero-order valence-corrected chi connectivity index (χ0v) is 15.4. The van der Waals surface area contributed by atoms with Crippen LogP contribution in [0.4, 0.5) is 0 Å². The zero-order chi connectivity index (χ0) is 17.1. The van der Waals surface area contributed by atoms with Crippen LogP contribution in [-0.4, -0.2) is 28.9 Å². The number of hydrogen-bond acceptors (Lipinski definition) is 3. The Hall–Kier alpha value is -1.00. The summed E-state index contributed by atoms with van der Waals surface area (Å²) in [5.41, 5.74) is 3.85. The van der Waals surface area contributed by atoms with Crippen molar-refractivity contribution in [3.05, 3.63) is 34.9 Å². The molecule has 2 atom stereocenters. The van der Waals surface area contributed by atoms with Gasteiger partial charge in [-0.3, -0.25) is 10.1 Å². The molecular weight excluding hydrogens is 294 g/mol. The summed E-state index contributed by atoms with van der Waals surface area (Å²) in [6.07, 6.45) is 9.28. The Kier molecular flexibility index (Phi) is 11.0. The predicted octanol–water partition coefficient (Wildman–Crippen LogP) is 4.38. The second-order valence-corrected chi connectivity index (χ2v) is 6.38. The van der Waals surface area contributed by atoms with Crippen molar-refractivity contribution in [2.75, 3.05) is 5.75 Å². The van der Waals surface area contributed by atoms with Crippen LogP contribution in [0.1, 0.15) is 53.9 Å². The molecule has 0 aliphatic rings. The van der Waals surface area contributed by atoms with Gasteiger partial charge in [-0.15, -0.1) is 0 Å². The van der Waals surface area contributed by atoms with Crippen molar-refractivity contribution in [2.45, 2.75) is 66.0 Å². The molecule has 126 valence electrons. The van der Waals surface area contributed by atoms with E-state index in [0.29, 0.717) is 0 Å². The lowest BCUT2D eigenvalue weighted by atomic mass is 10.0. The predicted molar refractivity (Wildman–Crippen MR) is 98.7 cm³/mol. The highest BCUT2D eigenvalue weighted by molar-refractivity contribution is 7.80. The Bertz CT molecular complexity index is 434. The van der Waals surface area contributed by atoms with Crippen LogP contribution in [0.2, 0.25) is 0 Å². The number of allylic oxidation sites excluding steroid dienone is 4. The van der Waals surface area contributed by atoms with E-state index in [1.807, 2.05) is 6.92 Å². The van der Waals surface area contributed by atoms with Gasteiger partial charge < -0.3 is 5.11 Å². The Labute approximate surface area is 141 Å². The lowest BCUT2D eigenvalue weighted by molar-refractivity contribution is -0.138. The first-order valence-corrected chi connectivity index (χ1v) is 8.45. The van der Waals surface area contributed by atoms with Gasteiger partial charge in [-0.05, 0) is 53.9 Å². The second kappa shape index (κ2) is 11.6. The SMILES string of the molecule is CC=C(C)CC(C=C(C)CCC=C(C)C)N[C@@H](CS)C(=O)O. The molecule has 0 radical (unpaired) electrons. The minimum atomic E-state index is -0.853. The molecule has 0 spiro atoms. The van der Waals surface area contributed by atoms with Crippen LogP contribution in [0.15, 0.2) is 34.9 Å². The van der Waals surface area contributed by atoms with Gasteiger partial charge in [0.2, 0.25) is 0 Å². The standard InChI is InChI=1S/C18H31NO2S/c1-6-14(4)10-16(19-17(12-22)18(20)21)11-15(5)9-7-8-13(2)3/h6,8,11,16-17,19,22H,7,9-10,12H2,1-5H3,(H,20,21)/t16?,17-/m0/s1. The fourth-order valence-corrected chi connectivity index (χ4v) is 2.37. The van der Waals surface area contributed by atoms with E-state index in [9.17, 15) is 9.90 Å². The molecule has 22 heavy (non-hydrogen) atoms. The van der Waals surface area contributed by atoms with Gasteiger partial charge in [-0.2, -0.15) is 12.6 Å². The molecule has 0 aliphatic carbocycles. The Balaban J connectivity index is 4.90. The van der Waals surface area contributed by atoms with Crippen molar-refractivity contribution >= 4 is 18.6 Å². The molecule has 4 heteroatoms. The van der Waals surface area contributed by atoms with Gasteiger partial charge in [-0.25, -0.2) is 0 Å². The van der Waals surface area contributed by atoms with Gasteiger partial charge in [0.05, 0.1) is 0 Å². The quantitative estimate of drug-likeness (QED) is 0.413. The summed E-state index contributed by atoms with van der Waals surface area (Å²) >= 11 is 4.13. The van der Waals surface area contributed by atoms with E-state index < -0.39 is 12.0 Å². The minimum Gasteiger partial charge on any atom is -0.480 e. The Morgan fingerprint density at radius 2 is 1.86 bits per heavy atom. The van der Waals surface area contributed by atoms with Gasteiger partial charge in [-0.1, -0.05) is 34.9 Å². The molecule has 0 rings (SSSR count). The number of rotatable bonds is 10. The molecule has 0 bridgehead atoms. The van der Waals surface area contributed by atoms with E-state index in [4.69, 9.17) is 0 Å². The van der Waals surface area contributed by atoms with Gasteiger partial charge >= 0.3 is 5.97 Å². The van der Waals surface area contributed by atoms with Crippen molar-refractivity contribution in [3.63, 3.8) is 0 Å². The number of aliphatic carboxylic acids is 1. The summed E-state index contributed by atoms with van der Waals surface area (Å²) in [7, 11) is 0. The van der Waals surface area contributed by atoms with Crippen LogP contribution in [0.5, 0.6) is 0 Å². The molecule has 0 amide bonds. The number of thiol groups is 1. The zero-order valence-electron chi connectivity index (χ0n) is 14.5. The van der Waals surface area contributed by atoms with E-state index in [2.05, 4.69) is 63.9 Å². The maximum absolute atomic E-state index is 11.2. The number of carboxylic acid groups (broad SMARTS) is 1. The average Bonchev–Trinajstić information content (AvgIpc) is 2.43. The second-order valence-electron chi connectivity index (χ2n) is 6.02. The maximum atomic E-state index is 11.2. The van der Waals surface area contributed by atoms with E-state index in [1.54, 1.807) is 0 Å². The van der Waals surface area contributed by atoms with E-state index in [-0.39, 0.29) is 11.8 Å². The summed E-state index contributed by atoms with van der Waals surface area (Å²) in [5, 5.41) is 12.4. The first-order chi connectivity index (χ1) is 10.3. The molecule has 0 aromatic carbocycles. The van der Waals surface area contributed by atoms with Gasteiger partial charge in [0, 0.05) is 11.8 Å². The lowest BCUT2D eigenvalue weighted by Gasteiger charge is -2.21. The summed E-state index contributed by atoms with van der Waals surface area (Å²) < 4.78 is 0. The molecule has 1 unspecified atom stereocenters. The molecule has 0 aliphatic heterocycles. The first kappa shape index (κ1) is 21.0. The van der Waals surface area contributed by atoms with Crippen molar-refractivity contribution < 1.29 is 9.90 Å². The van der Waals surface area contributed by atoms with E-state index in [0.717, 1.165) is 19.3 Å². The summed E-state index contributed by atoms with van der Waals surface area (Å²) in [6, 6.07) is -0.601. The van der Waals surface area contributed by atoms with Crippen LogP contribution in [-0.2, 0) is 4.79 Å². The molecule has 3 nitrogen and oxygen atoms in total. The Morgan fingerprint density at radius 1 is 1.23 bits per heavy atom. The molecule has 0 saturated heterocycles. The number of carbonyl (C=O) groups is 1. The smallest absolute Gasteiger partial charge is 0.321 e. The number of carboxylic acids is 1. The Morgan fingerprint density at radius 3 is 2.32 bits per heavy atom. The van der Waals surface area contributed by atoms with Crippen molar-refractivity contribution in [2.24, 2.45) is 0 Å². The molecule has 0 aromatic rings. The van der Waals surface area contributed by atoms with Crippen LogP contribution >= 0.6 is 12.6 Å². The van der Waals surface area contributed by atoms with Crippen molar-refractivity contribution in [3.8, 4) is 0 Å². The van der Waals surface area contributed by atoms with E-state index in [1.165, 1.54) is 16.7 Å². The summed E-state index contributed by atoms with van der Waals surface area (Å²) in [6.45, 7) is 10.4. The fraction of sp³-hybridized carbons (Fsp3) is 0.611. The highest BCUT2D eigenvalue weighted by atomic mass is 32.1. The third kappa shape index (κ3) is 9.85. The minimum absolute atomic E-state index is 0.0242. The highest BCUT2D eigenvalue weighted by Gasteiger charge is 2.19. The highest BCUT2D eigenvalue weighted by Crippen LogP contribution is 2.13. The van der Waals surface area contributed by atoms with Crippen molar-refractivity contribution in [1.82, 2.24) is 5.32 Å². The van der Waals surface area contributed by atoms with Crippen LogP contribution in [0.3, 0.4) is 0 Å². The maximum Gasteiger partial charge on any atom is 0.321 e. The normalized spacial score (nSPS) is 15.4. The third-order valence-electron chi connectivity index (χ3n) is 3.51. The molecule has 0 fully saturated rings. The molecule has 0 heterocycles. The van der Waals surface area contributed by atoms with Gasteiger partial charge in [0.25, 0.3) is 0 Å². The molecule has 0 aromatic heterocycles. The number of nitrogens with one attached hydrogen (secondary N) is 1. The van der Waals surface area contributed by atoms with Crippen LogP contribution in [0, 0.1) is 0 Å². The van der Waals surface area contributed by atoms with Crippen LogP contribution < -0.4 is 5.32 Å². The largest absolute Gasteiger partial charge is 0.480 e. The monoisotopic (exact) mass is 325 g/mol. The number of hydrogen-bond donors (Lipinski definition) is 3. The van der Waals surface area contributed by atoms with Gasteiger partial charge in [0.1, 0.15) is 6.04 Å². The molecule has 2 N–H and O–H groups in total. The first-order valence-electron chi connectivity index (χ1n) is 7.82. The van der Waals surface area contributed by atoms with Crippen LogP contribution in [0.25, 0.3) is 0 Å². The average molecular weight is 326 g/mol. The van der Waals surface area contributed by atoms with Gasteiger partial charge in [0.15, 0.2) is 0 Å². The van der Waals surface area contributed by atoms with E-state index >= 15 is 0 Å².